The van der Waals surface area contributed by atoms with Crippen molar-refractivity contribution < 1.29 is 42.2 Å². The Kier molecular flexibility index (Phi) is 27.9. The van der Waals surface area contributed by atoms with Crippen LogP contribution in [-0.4, -0.2) is 27.8 Å². The Morgan fingerprint density at radius 3 is 1.67 bits per heavy atom. The molecule has 0 rings (SSSR count). The van der Waals surface area contributed by atoms with E-state index in [2.05, 4.69) is 0 Å². The fraction of sp³-hybridized carbons (Fsp3) is 0.667. The van der Waals surface area contributed by atoms with Gasteiger partial charge in [0.05, 0.1) is 0 Å². The van der Waals surface area contributed by atoms with Gasteiger partial charge in [0.25, 0.3) is 0 Å². The van der Waals surface area contributed by atoms with Crippen LogP contribution in [-0.2, 0) is 26.5 Å². The zero-order valence-electron chi connectivity index (χ0n) is 5.09. The Hall–Kier alpha value is 0.0643. The molecule has 0 bridgehead atoms. The van der Waals surface area contributed by atoms with Crippen LogP contribution in [0.15, 0.2) is 0 Å². The molecule has 0 heterocycles. The fourth-order valence-corrected chi connectivity index (χ4v) is 0. The van der Waals surface area contributed by atoms with Crippen LogP contribution < -0.4 is 6.15 Å². The minimum Gasteiger partial charge on any atom is -0.479 e. The van der Waals surface area contributed by atoms with Crippen LogP contribution in [0.2, 0.25) is 0 Å². The number of aliphatic carboxylic acids is 1. The van der Waals surface area contributed by atoms with Gasteiger partial charge in [0, 0.05) is 21.7 Å². The van der Waals surface area contributed by atoms with E-state index >= 15 is 0 Å². The number of aliphatic hydroxyl groups is 1. The number of hydrogen-bond donors (Lipinski definition) is 3. The largest absolute Gasteiger partial charge is 0.479 e. The Bertz CT molecular complexity index is 66.8. The van der Waals surface area contributed by atoms with E-state index in [1.54, 1.807) is 0 Å². The third kappa shape index (κ3) is 18.0. The van der Waals surface area contributed by atoms with Crippen molar-refractivity contribution in [2.24, 2.45) is 0 Å². The topological polar surface area (TPSA) is 124 Å². The maximum Gasteiger partial charge on any atom is 0.332 e. The molecule has 0 saturated carbocycles. The van der Waals surface area contributed by atoms with Gasteiger partial charge in [-0.15, -0.1) is 0 Å². The Labute approximate surface area is 67.8 Å². The molecule has 0 radical (unpaired) electrons. The van der Waals surface area contributed by atoms with E-state index in [4.69, 9.17) is 10.2 Å². The third-order valence-electron chi connectivity index (χ3n) is 0.357. The monoisotopic (exact) mass is 173 g/mol. The van der Waals surface area contributed by atoms with Crippen molar-refractivity contribution in [1.29, 1.82) is 0 Å². The molecule has 5 nitrogen and oxygen atoms in total. The third-order valence-corrected chi connectivity index (χ3v) is 0.357. The molecular weight excluding hydrogens is 162 g/mol. The fourth-order valence-electron chi connectivity index (χ4n) is 0. The van der Waals surface area contributed by atoms with Crippen LogP contribution in [0.25, 0.3) is 0 Å². The summed E-state index contributed by atoms with van der Waals surface area (Å²) in [5.41, 5.74) is 0. The first kappa shape index (κ1) is 23.0. The van der Waals surface area contributed by atoms with Crippen LogP contribution >= 0.6 is 0 Å². The summed E-state index contributed by atoms with van der Waals surface area (Å²) in [5, 5.41) is 15.8. The summed E-state index contributed by atoms with van der Waals surface area (Å²) < 4.78 is 0. The number of carbonyl (C=O) groups is 1. The van der Waals surface area contributed by atoms with Crippen LogP contribution in [0.4, 0.5) is 0 Å². The normalized spacial score (nSPS) is 9.11. The van der Waals surface area contributed by atoms with Gasteiger partial charge >= 0.3 is 5.97 Å². The van der Waals surface area contributed by atoms with E-state index in [1.807, 2.05) is 0 Å². The van der Waals surface area contributed by atoms with Crippen molar-refractivity contribution in [1.82, 2.24) is 6.15 Å². The van der Waals surface area contributed by atoms with Crippen molar-refractivity contribution in [3.8, 4) is 0 Å². The standard InChI is InChI=1S/C3H6O3.H3N.H2O.Ti/c1-2(4)3(5)6;;;/h2,4H,1H3,(H,5,6);1H3;1H2;. The Morgan fingerprint density at radius 1 is 1.56 bits per heavy atom. The van der Waals surface area contributed by atoms with Crippen LogP contribution in [0, 0.1) is 0 Å². The van der Waals surface area contributed by atoms with Gasteiger partial charge in [0.1, 0.15) is 6.10 Å². The maximum atomic E-state index is 9.45. The molecule has 1 unspecified atom stereocenters. The molecule has 0 amide bonds. The first-order valence-electron chi connectivity index (χ1n) is 1.55. The minimum atomic E-state index is -1.23. The van der Waals surface area contributed by atoms with E-state index in [-0.39, 0.29) is 33.3 Å². The number of hydrogen-bond acceptors (Lipinski definition) is 3. The molecule has 0 aromatic rings. The van der Waals surface area contributed by atoms with Gasteiger partial charge in [0.2, 0.25) is 0 Å². The van der Waals surface area contributed by atoms with Crippen molar-refractivity contribution >= 4 is 5.97 Å². The summed E-state index contributed by atoms with van der Waals surface area (Å²) in [7, 11) is 0. The van der Waals surface area contributed by atoms with Gasteiger partial charge in [-0.25, -0.2) is 4.79 Å². The number of carboxylic acids is 1. The second-order valence-corrected chi connectivity index (χ2v) is 1.01. The Balaban J connectivity index is -0.0000000417. The quantitative estimate of drug-likeness (QED) is 0.430. The molecule has 0 aliphatic carbocycles. The summed E-state index contributed by atoms with van der Waals surface area (Å²) in [5.74, 6) is -1.19. The number of aliphatic hydroxyl groups excluding tert-OH is 1. The summed E-state index contributed by atoms with van der Waals surface area (Å²) in [6.07, 6.45) is -1.23. The van der Waals surface area contributed by atoms with Crippen molar-refractivity contribution in [2.45, 2.75) is 13.0 Å². The molecule has 0 fully saturated rings. The van der Waals surface area contributed by atoms with Gasteiger partial charge in [-0.05, 0) is 6.92 Å². The smallest absolute Gasteiger partial charge is 0.332 e. The zero-order valence-corrected chi connectivity index (χ0v) is 6.65. The first-order valence-corrected chi connectivity index (χ1v) is 1.55. The predicted octanol–water partition coefficient (Wildman–Crippen LogP) is -1.21. The predicted molar refractivity (Wildman–Crippen MR) is 28.0 cm³/mol. The van der Waals surface area contributed by atoms with E-state index in [0.29, 0.717) is 0 Å². The van der Waals surface area contributed by atoms with E-state index < -0.39 is 12.1 Å². The van der Waals surface area contributed by atoms with Gasteiger partial charge in [0.15, 0.2) is 0 Å². The van der Waals surface area contributed by atoms with Gasteiger partial charge in [-0.3, -0.25) is 0 Å². The molecule has 0 aliphatic heterocycles. The number of carboxylic acid groups (broad SMARTS) is 1. The second kappa shape index (κ2) is 10.9. The zero-order chi connectivity index (χ0) is 5.15. The van der Waals surface area contributed by atoms with Crippen molar-refractivity contribution in [3.05, 3.63) is 0 Å². The van der Waals surface area contributed by atoms with Gasteiger partial charge < -0.3 is 21.8 Å². The molecule has 9 heavy (non-hydrogen) atoms. The molecule has 6 heteroatoms. The van der Waals surface area contributed by atoms with E-state index in [1.165, 1.54) is 6.92 Å². The summed E-state index contributed by atoms with van der Waals surface area (Å²) in [6, 6.07) is 0. The first-order chi connectivity index (χ1) is 2.64. The molecule has 7 N–H and O–H groups in total. The molecule has 0 saturated heterocycles. The summed E-state index contributed by atoms with van der Waals surface area (Å²) in [4.78, 5) is 9.45. The van der Waals surface area contributed by atoms with Crippen LogP contribution in [0.5, 0.6) is 0 Å². The SMILES string of the molecule is CC(O)C(=O)O.N.O.[Ti]. The van der Waals surface area contributed by atoms with Gasteiger partial charge in [-0.1, -0.05) is 0 Å². The second-order valence-electron chi connectivity index (χ2n) is 1.01. The van der Waals surface area contributed by atoms with E-state index in [9.17, 15) is 4.79 Å². The summed E-state index contributed by atoms with van der Waals surface area (Å²) in [6.45, 7) is 1.20. The molecule has 0 aromatic heterocycles. The van der Waals surface area contributed by atoms with Gasteiger partial charge in [-0.2, -0.15) is 0 Å². The molecule has 0 aromatic carbocycles. The Morgan fingerprint density at radius 2 is 1.67 bits per heavy atom. The van der Waals surface area contributed by atoms with Crippen LogP contribution in [0.3, 0.4) is 0 Å². The van der Waals surface area contributed by atoms with E-state index in [0.717, 1.165) is 0 Å². The molecular formula is C3H11NO4Ti. The average Bonchev–Trinajstić information content (AvgIpc) is 1.36. The number of rotatable bonds is 1. The molecule has 0 aliphatic rings. The van der Waals surface area contributed by atoms with Crippen molar-refractivity contribution in [2.75, 3.05) is 0 Å². The minimum absolute atomic E-state index is 0. The van der Waals surface area contributed by atoms with Crippen LogP contribution in [0.1, 0.15) is 6.92 Å². The molecule has 56 valence electrons. The molecule has 1 atom stereocenters. The average molecular weight is 173 g/mol. The molecule has 0 spiro atoms. The van der Waals surface area contributed by atoms with Crippen molar-refractivity contribution in [3.63, 3.8) is 0 Å². The summed E-state index contributed by atoms with van der Waals surface area (Å²) >= 11 is 0. The maximum absolute atomic E-state index is 9.45.